The highest BCUT2D eigenvalue weighted by molar-refractivity contribution is 5.48. The SMILES string of the molecule is Cc1nc(Nc2ncccn2)cc([C@H]2CCCN2C2CCOCC2)n1. The molecule has 0 spiro atoms. The molecule has 2 saturated heterocycles. The van der Waals surface area contributed by atoms with Gasteiger partial charge < -0.3 is 10.1 Å². The number of likely N-dealkylation sites (tertiary alicyclic amines) is 1. The van der Waals surface area contributed by atoms with Crippen LogP contribution in [0.3, 0.4) is 0 Å². The lowest BCUT2D eigenvalue weighted by Gasteiger charge is -2.35. The van der Waals surface area contributed by atoms with Crippen molar-refractivity contribution in [3.8, 4) is 0 Å². The second-order valence-corrected chi connectivity index (χ2v) is 6.66. The summed E-state index contributed by atoms with van der Waals surface area (Å²) in [5, 5.41) is 3.19. The van der Waals surface area contributed by atoms with Crippen molar-refractivity contribution < 1.29 is 4.74 Å². The van der Waals surface area contributed by atoms with Gasteiger partial charge in [-0.15, -0.1) is 0 Å². The average Bonchev–Trinajstić information content (AvgIpc) is 3.13. The molecule has 4 rings (SSSR count). The summed E-state index contributed by atoms with van der Waals surface area (Å²) >= 11 is 0. The first-order valence-corrected chi connectivity index (χ1v) is 9.03. The van der Waals surface area contributed by atoms with Crippen molar-refractivity contribution in [2.45, 2.75) is 44.7 Å². The van der Waals surface area contributed by atoms with Crippen LogP contribution in [-0.2, 0) is 4.74 Å². The minimum atomic E-state index is 0.363. The van der Waals surface area contributed by atoms with Gasteiger partial charge in [0.25, 0.3) is 0 Å². The van der Waals surface area contributed by atoms with E-state index in [1.165, 1.54) is 6.42 Å². The van der Waals surface area contributed by atoms with Gasteiger partial charge in [-0.25, -0.2) is 19.9 Å². The van der Waals surface area contributed by atoms with Gasteiger partial charge in [-0.2, -0.15) is 0 Å². The Hall–Kier alpha value is -2.12. The minimum absolute atomic E-state index is 0.363. The number of aryl methyl sites for hydroxylation is 1. The molecule has 2 aromatic heterocycles. The van der Waals surface area contributed by atoms with Gasteiger partial charge in [-0.05, 0) is 45.2 Å². The van der Waals surface area contributed by atoms with Gasteiger partial charge in [0, 0.05) is 37.7 Å². The lowest BCUT2D eigenvalue weighted by molar-refractivity contribution is 0.0285. The molecule has 1 atom stereocenters. The molecule has 2 aliphatic rings. The Morgan fingerprint density at radius 2 is 1.92 bits per heavy atom. The Balaban J connectivity index is 1.56. The molecule has 0 unspecified atom stereocenters. The van der Waals surface area contributed by atoms with Crippen molar-refractivity contribution in [2.24, 2.45) is 0 Å². The number of anilines is 2. The molecule has 25 heavy (non-hydrogen) atoms. The third-order valence-corrected chi connectivity index (χ3v) is 4.96. The highest BCUT2D eigenvalue weighted by atomic mass is 16.5. The normalized spacial score (nSPS) is 22.2. The second kappa shape index (κ2) is 7.41. The average molecular weight is 340 g/mol. The largest absolute Gasteiger partial charge is 0.381 e. The summed E-state index contributed by atoms with van der Waals surface area (Å²) in [6, 6.07) is 4.81. The Bertz CT molecular complexity index is 704. The Morgan fingerprint density at radius 1 is 1.12 bits per heavy atom. The molecular weight excluding hydrogens is 316 g/mol. The van der Waals surface area contributed by atoms with Crippen LogP contribution in [0.25, 0.3) is 0 Å². The molecule has 0 bridgehead atoms. The third kappa shape index (κ3) is 3.77. The van der Waals surface area contributed by atoms with Crippen molar-refractivity contribution in [1.82, 2.24) is 24.8 Å². The van der Waals surface area contributed by atoms with Crippen LogP contribution >= 0.6 is 0 Å². The van der Waals surface area contributed by atoms with Crippen LogP contribution in [0.15, 0.2) is 24.5 Å². The summed E-state index contributed by atoms with van der Waals surface area (Å²) in [6.07, 6.45) is 8.03. The van der Waals surface area contributed by atoms with Gasteiger partial charge in [0.05, 0.1) is 11.7 Å². The van der Waals surface area contributed by atoms with Crippen LogP contribution in [0.5, 0.6) is 0 Å². The smallest absolute Gasteiger partial charge is 0.228 e. The lowest BCUT2D eigenvalue weighted by atomic mass is 10.0. The van der Waals surface area contributed by atoms with Crippen LogP contribution in [0.2, 0.25) is 0 Å². The Morgan fingerprint density at radius 3 is 2.72 bits per heavy atom. The molecule has 0 radical (unpaired) electrons. The Kier molecular flexibility index (Phi) is 4.85. The van der Waals surface area contributed by atoms with Crippen molar-refractivity contribution >= 4 is 11.8 Å². The first kappa shape index (κ1) is 16.4. The predicted molar refractivity (Wildman–Crippen MR) is 94.6 cm³/mol. The summed E-state index contributed by atoms with van der Waals surface area (Å²) in [5.41, 5.74) is 1.09. The van der Waals surface area contributed by atoms with Crippen molar-refractivity contribution in [1.29, 1.82) is 0 Å². The fourth-order valence-corrected chi connectivity index (χ4v) is 3.86. The first-order chi connectivity index (χ1) is 12.3. The number of aromatic nitrogens is 4. The molecule has 0 amide bonds. The van der Waals surface area contributed by atoms with E-state index in [1.807, 2.05) is 13.0 Å². The molecule has 7 nitrogen and oxygen atoms in total. The zero-order chi connectivity index (χ0) is 17.1. The van der Waals surface area contributed by atoms with E-state index in [1.54, 1.807) is 18.5 Å². The number of ether oxygens (including phenoxy) is 1. The molecule has 2 aliphatic heterocycles. The summed E-state index contributed by atoms with van der Waals surface area (Å²) < 4.78 is 5.53. The van der Waals surface area contributed by atoms with E-state index in [2.05, 4.69) is 25.2 Å². The standard InChI is InChI=1S/C18H24N6O/c1-13-21-15(12-17(22-13)23-18-19-7-3-8-20-18)16-4-2-9-24(16)14-5-10-25-11-6-14/h3,7-8,12,14,16H,2,4-6,9-11H2,1H3,(H,19,20,21,22,23)/t16-/m1/s1. The number of nitrogens with one attached hydrogen (secondary N) is 1. The van der Waals surface area contributed by atoms with Gasteiger partial charge >= 0.3 is 0 Å². The molecule has 0 saturated carbocycles. The zero-order valence-corrected chi connectivity index (χ0v) is 14.6. The molecule has 1 N–H and O–H groups in total. The zero-order valence-electron chi connectivity index (χ0n) is 14.6. The summed E-state index contributed by atoms with van der Waals surface area (Å²) in [7, 11) is 0. The predicted octanol–water partition coefficient (Wildman–Crippen LogP) is 2.63. The maximum atomic E-state index is 5.53. The van der Waals surface area contributed by atoms with Crippen LogP contribution in [0.4, 0.5) is 11.8 Å². The topological polar surface area (TPSA) is 76.1 Å². The minimum Gasteiger partial charge on any atom is -0.381 e. The molecule has 2 aromatic rings. The molecule has 0 aliphatic carbocycles. The number of nitrogens with zero attached hydrogens (tertiary/aromatic N) is 5. The Labute approximate surface area is 147 Å². The van der Waals surface area contributed by atoms with E-state index in [0.29, 0.717) is 18.0 Å². The van der Waals surface area contributed by atoms with Gasteiger partial charge in [0.15, 0.2) is 0 Å². The second-order valence-electron chi connectivity index (χ2n) is 6.66. The quantitative estimate of drug-likeness (QED) is 0.917. The van der Waals surface area contributed by atoms with Crippen LogP contribution < -0.4 is 5.32 Å². The summed E-state index contributed by atoms with van der Waals surface area (Å²) in [6.45, 7) is 4.82. The third-order valence-electron chi connectivity index (χ3n) is 4.96. The van der Waals surface area contributed by atoms with Gasteiger partial charge in [0.2, 0.25) is 5.95 Å². The summed E-state index contributed by atoms with van der Waals surface area (Å²) in [4.78, 5) is 20.3. The molecule has 7 heteroatoms. The summed E-state index contributed by atoms with van der Waals surface area (Å²) in [5.74, 6) is 2.08. The van der Waals surface area contributed by atoms with E-state index in [-0.39, 0.29) is 0 Å². The van der Waals surface area contributed by atoms with Crippen molar-refractivity contribution in [2.75, 3.05) is 25.1 Å². The van der Waals surface area contributed by atoms with E-state index >= 15 is 0 Å². The molecular formula is C18H24N6O. The monoisotopic (exact) mass is 340 g/mol. The van der Waals surface area contributed by atoms with Crippen molar-refractivity contribution in [3.63, 3.8) is 0 Å². The first-order valence-electron chi connectivity index (χ1n) is 9.03. The van der Waals surface area contributed by atoms with Crippen LogP contribution in [0, 0.1) is 6.92 Å². The molecule has 132 valence electrons. The number of hydrogen-bond donors (Lipinski definition) is 1. The number of rotatable bonds is 4. The fraction of sp³-hybridized carbons (Fsp3) is 0.556. The van der Waals surface area contributed by atoms with Gasteiger partial charge in [0.1, 0.15) is 11.6 Å². The maximum absolute atomic E-state index is 5.53. The van der Waals surface area contributed by atoms with E-state index in [0.717, 1.165) is 56.4 Å². The number of hydrogen-bond acceptors (Lipinski definition) is 7. The molecule has 4 heterocycles. The molecule has 2 fully saturated rings. The highest BCUT2D eigenvalue weighted by Gasteiger charge is 2.33. The fourth-order valence-electron chi connectivity index (χ4n) is 3.86. The van der Waals surface area contributed by atoms with Gasteiger partial charge in [-0.3, -0.25) is 4.90 Å². The lowest BCUT2D eigenvalue weighted by Crippen LogP contribution is -2.39. The van der Waals surface area contributed by atoms with Crippen LogP contribution in [0.1, 0.15) is 43.2 Å². The van der Waals surface area contributed by atoms with E-state index in [4.69, 9.17) is 9.72 Å². The molecule has 0 aromatic carbocycles. The van der Waals surface area contributed by atoms with E-state index < -0.39 is 0 Å². The van der Waals surface area contributed by atoms with Crippen LogP contribution in [-0.4, -0.2) is 50.6 Å². The van der Waals surface area contributed by atoms with E-state index in [9.17, 15) is 0 Å². The maximum Gasteiger partial charge on any atom is 0.228 e. The highest BCUT2D eigenvalue weighted by Crippen LogP contribution is 2.35. The van der Waals surface area contributed by atoms with Crippen molar-refractivity contribution in [3.05, 3.63) is 36.0 Å². The van der Waals surface area contributed by atoms with Gasteiger partial charge in [-0.1, -0.05) is 0 Å².